The van der Waals surface area contributed by atoms with Crippen molar-refractivity contribution in [1.29, 1.82) is 0 Å². The first-order valence-corrected chi connectivity index (χ1v) is 7.92. The normalized spacial score (nSPS) is 21.9. The molecule has 1 aliphatic heterocycles. The molecule has 5 nitrogen and oxygen atoms in total. The van der Waals surface area contributed by atoms with E-state index in [9.17, 15) is 4.79 Å². The first-order chi connectivity index (χ1) is 10.7. The quantitative estimate of drug-likeness (QED) is 0.631. The molecule has 1 aromatic rings. The monoisotopic (exact) mass is 318 g/mol. The van der Waals surface area contributed by atoms with Gasteiger partial charge in [-0.1, -0.05) is 25.5 Å². The van der Waals surface area contributed by atoms with Gasteiger partial charge in [0.2, 0.25) is 5.28 Å². The third kappa shape index (κ3) is 2.39. The zero-order chi connectivity index (χ0) is 15.7. The Balaban J connectivity index is 2.13. The minimum Gasteiger partial charge on any atom is -0.339 e. The van der Waals surface area contributed by atoms with Gasteiger partial charge in [-0.3, -0.25) is 9.69 Å². The summed E-state index contributed by atoms with van der Waals surface area (Å²) in [6.07, 6.45) is 9.94. The maximum Gasteiger partial charge on any atom is 0.254 e. The topological polar surface area (TPSA) is 49.3 Å². The number of halogens is 1. The molecule has 22 heavy (non-hydrogen) atoms. The number of hydrogen-bond acceptors (Lipinski definition) is 4. The van der Waals surface area contributed by atoms with Crippen molar-refractivity contribution in [3.05, 3.63) is 36.9 Å². The van der Waals surface area contributed by atoms with E-state index in [4.69, 9.17) is 11.6 Å². The molecule has 1 aliphatic carbocycles. The van der Waals surface area contributed by atoms with E-state index in [1.807, 2.05) is 0 Å². The molecule has 0 aromatic carbocycles. The second-order valence-electron chi connectivity index (χ2n) is 5.62. The van der Waals surface area contributed by atoms with Crippen LogP contribution in [0.2, 0.25) is 5.28 Å². The van der Waals surface area contributed by atoms with Crippen LogP contribution in [0.3, 0.4) is 0 Å². The van der Waals surface area contributed by atoms with Crippen molar-refractivity contribution in [2.75, 3.05) is 9.80 Å². The van der Waals surface area contributed by atoms with Crippen LogP contribution in [0.1, 0.15) is 32.1 Å². The Morgan fingerprint density at radius 1 is 1.36 bits per heavy atom. The van der Waals surface area contributed by atoms with E-state index in [0.717, 1.165) is 18.7 Å². The molecule has 1 saturated carbocycles. The molecule has 2 heterocycles. The van der Waals surface area contributed by atoms with Gasteiger partial charge in [0, 0.05) is 12.2 Å². The van der Waals surface area contributed by atoms with Crippen LogP contribution in [-0.4, -0.2) is 28.0 Å². The summed E-state index contributed by atoms with van der Waals surface area (Å²) in [7, 11) is 0. The first-order valence-electron chi connectivity index (χ1n) is 7.54. The van der Waals surface area contributed by atoms with Crippen molar-refractivity contribution < 1.29 is 4.79 Å². The molecule has 0 radical (unpaired) electrons. The fourth-order valence-corrected chi connectivity index (χ4v) is 3.55. The van der Waals surface area contributed by atoms with E-state index >= 15 is 0 Å². The second kappa shape index (κ2) is 6.08. The summed E-state index contributed by atoms with van der Waals surface area (Å²) < 4.78 is 0. The van der Waals surface area contributed by atoms with Crippen LogP contribution in [0.15, 0.2) is 31.6 Å². The maximum atomic E-state index is 12.8. The van der Waals surface area contributed by atoms with Crippen LogP contribution in [0.4, 0.5) is 11.5 Å². The highest BCUT2D eigenvalue weighted by atomic mass is 35.5. The Morgan fingerprint density at radius 3 is 2.73 bits per heavy atom. The van der Waals surface area contributed by atoms with Gasteiger partial charge in [-0.25, -0.2) is 4.98 Å². The standard InChI is InChI=1S/C16H19ClN4O/c1-3-7-12-15(22)20(4-2)13-10-18-16(17)19-14(13)21(12)11-8-5-6-9-11/h3-4,10-12H,1-2,5-9H2/t12-/m1/s1. The van der Waals surface area contributed by atoms with E-state index in [-0.39, 0.29) is 17.2 Å². The van der Waals surface area contributed by atoms with Crippen molar-refractivity contribution >= 4 is 29.0 Å². The van der Waals surface area contributed by atoms with E-state index in [2.05, 4.69) is 28.0 Å². The lowest BCUT2D eigenvalue weighted by atomic mass is 10.0. The van der Waals surface area contributed by atoms with Crippen LogP contribution in [-0.2, 0) is 4.79 Å². The summed E-state index contributed by atoms with van der Waals surface area (Å²) in [4.78, 5) is 24.9. The Bertz CT molecular complexity index is 612. The lowest BCUT2D eigenvalue weighted by molar-refractivity contribution is -0.119. The van der Waals surface area contributed by atoms with Gasteiger partial charge < -0.3 is 4.90 Å². The number of rotatable bonds is 4. The summed E-state index contributed by atoms with van der Waals surface area (Å²) in [5.41, 5.74) is 0.650. The molecule has 0 N–H and O–H groups in total. The van der Waals surface area contributed by atoms with Crippen LogP contribution in [0.5, 0.6) is 0 Å². The second-order valence-corrected chi connectivity index (χ2v) is 5.96. The lowest BCUT2D eigenvalue weighted by Crippen LogP contribution is -2.55. The highest BCUT2D eigenvalue weighted by molar-refractivity contribution is 6.28. The Morgan fingerprint density at radius 2 is 2.09 bits per heavy atom. The lowest BCUT2D eigenvalue weighted by Gasteiger charge is -2.43. The van der Waals surface area contributed by atoms with Crippen molar-refractivity contribution in [2.24, 2.45) is 0 Å². The van der Waals surface area contributed by atoms with Crippen LogP contribution in [0, 0.1) is 0 Å². The summed E-state index contributed by atoms with van der Waals surface area (Å²) in [6.45, 7) is 7.54. The van der Waals surface area contributed by atoms with E-state index in [0.29, 0.717) is 18.2 Å². The molecular weight excluding hydrogens is 300 g/mol. The third-order valence-corrected chi connectivity index (χ3v) is 4.56. The highest BCUT2D eigenvalue weighted by Gasteiger charge is 2.41. The fraction of sp³-hybridized carbons (Fsp3) is 0.438. The molecular formula is C16H19ClN4O. The third-order valence-electron chi connectivity index (χ3n) is 4.37. The number of nitrogens with zero attached hydrogens (tertiary/aromatic N) is 4. The average molecular weight is 319 g/mol. The van der Waals surface area contributed by atoms with E-state index in [1.165, 1.54) is 23.9 Å². The molecule has 1 amide bonds. The molecule has 0 saturated heterocycles. The molecule has 1 aromatic heterocycles. The number of amides is 1. The molecule has 1 atom stereocenters. The number of anilines is 2. The number of hydrogen-bond donors (Lipinski definition) is 0. The van der Waals surface area contributed by atoms with Gasteiger partial charge in [0.1, 0.15) is 11.7 Å². The molecule has 6 heteroatoms. The van der Waals surface area contributed by atoms with Crippen molar-refractivity contribution in [3.63, 3.8) is 0 Å². The first kappa shape index (κ1) is 15.0. The Kier molecular flexibility index (Phi) is 4.16. The fourth-order valence-electron chi connectivity index (χ4n) is 3.42. The molecule has 3 rings (SSSR count). The van der Waals surface area contributed by atoms with Gasteiger partial charge >= 0.3 is 0 Å². The Hall–Kier alpha value is -1.88. The SMILES string of the molecule is C=CC[C@@H]1C(=O)N(C=C)c2cnc(Cl)nc2N1C1CCCC1. The molecule has 0 unspecified atom stereocenters. The van der Waals surface area contributed by atoms with Crippen molar-refractivity contribution in [2.45, 2.75) is 44.2 Å². The van der Waals surface area contributed by atoms with E-state index in [1.54, 1.807) is 12.3 Å². The van der Waals surface area contributed by atoms with Gasteiger partial charge in [-0.15, -0.1) is 6.58 Å². The summed E-state index contributed by atoms with van der Waals surface area (Å²) in [5.74, 6) is 0.707. The molecule has 2 aliphatic rings. The van der Waals surface area contributed by atoms with Crippen LogP contribution >= 0.6 is 11.6 Å². The van der Waals surface area contributed by atoms with Crippen molar-refractivity contribution in [3.8, 4) is 0 Å². The summed E-state index contributed by atoms with van der Waals surface area (Å²) in [5, 5.41) is 0.192. The smallest absolute Gasteiger partial charge is 0.254 e. The number of fused-ring (bicyclic) bond motifs is 1. The molecule has 1 fully saturated rings. The number of carbonyl (C=O) groups excluding carboxylic acids is 1. The number of carbonyl (C=O) groups is 1. The zero-order valence-corrected chi connectivity index (χ0v) is 13.2. The van der Waals surface area contributed by atoms with E-state index < -0.39 is 0 Å². The minimum atomic E-state index is -0.308. The van der Waals surface area contributed by atoms with Crippen LogP contribution in [0.25, 0.3) is 0 Å². The largest absolute Gasteiger partial charge is 0.339 e. The van der Waals surface area contributed by atoms with Gasteiger partial charge in [-0.2, -0.15) is 4.98 Å². The average Bonchev–Trinajstić information content (AvgIpc) is 3.02. The van der Waals surface area contributed by atoms with Gasteiger partial charge in [0.05, 0.1) is 6.20 Å². The molecule has 0 spiro atoms. The van der Waals surface area contributed by atoms with Gasteiger partial charge in [0.25, 0.3) is 5.91 Å². The maximum absolute atomic E-state index is 12.8. The predicted molar refractivity (Wildman–Crippen MR) is 88.1 cm³/mol. The van der Waals surface area contributed by atoms with Crippen LogP contribution < -0.4 is 9.80 Å². The number of aromatic nitrogens is 2. The predicted octanol–water partition coefficient (Wildman–Crippen LogP) is 3.31. The minimum absolute atomic E-state index is 0.0137. The Labute approximate surface area is 135 Å². The summed E-state index contributed by atoms with van der Waals surface area (Å²) >= 11 is 6.00. The van der Waals surface area contributed by atoms with Crippen molar-refractivity contribution in [1.82, 2.24) is 9.97 Å². The van der Waals surface area contributed by atoms with Gasteiger partial charge in [-0.05, 0) is 30.9 Å². The highest BCUT2D eigenvalue weighted by Crippen LogP contribution is 2.40. The van der Waals surface area contributed by atoms with Gasteiger partial charge in [0.15, 0.2) is 5.82 Å². The molecule has 0 bridgehead atoms. The zero-order valence-electron chi connectivity index (χ0n) is 12.4. The summed E-state index contributed by atoms with van der Waals surface area (Å²) in [6, 6.07) is 0.00245. The molecule has 116 valence electrons.